The van der Waals surface area contributed by atoms with Gasteiger partial charge in [-0.25, -0.2) is 0 Å². The fourth-order valence-electron chi connectivity index (χ4n) is 3.69. The maximum Gasteiger partial charge on any atom is 0.251 e. The molecule has 6 nitrogen and oxygen atoms in total. The van der Waals surface area contributed by atoms with Crippen LogP contribution in [0.15, 0.2) is 42.5 Å². The molecule has 3 rings (SSSR count). The number of halogens is 1. The molecule has 0 spiro atoms. The quantitative estimate of drug-likeness (QED) is 0.470. The molecule has 1 aliphatic heterocycles. The highest BCUT2D eigenvalue weighted by atomic mass is 35.5. The summed E-state index contributed by atoms with van der Waals surface area (Å²) in [6, 6.07) is 11.3. The first-order valence-corrected chi connectivity index (χ1v) is 11.2. The van der Waals surface area contributed by atoms with Crippen LogP contribution >= 0.6 is 11.6 Å². The number of carbonyl (C=O) groups is 1. The van der Waals surface area contributed by atoms with Gasteiger partial charge in [0, 0.05) is 43.9 Å². The van der Waals surface area contributed by atoms with E-state index in [0.717, 1.165) is 42.9 Å². The van der Waals surface area contributed by atoms with Crippen LogP contribution in [0.1, 0.15) is 18.1 Å². The van der Waals surface area contributed by atoms with E-state index in [1.54, 1.807) is 31.3 Å². The minimum atomic E-state index is -0.0866. The van der Waals surface area contributed by atoms with Crippen LogP contribution < -0.4 is 14.4 Å². The number of hydrogen-bond donors (Lipinski definition) is 0. The van der Waals surface area contributed by atoms with Crippen LogP contribution in [-0.4, -0.2) is 64.4 Å². The molecule has 0 aliphatic carbocycles. The summed E-state index contributed by atoms with van der Waals surface area (Å²) in [6.07, 6.45) is 4.09. The lowest BCUT2D eigenvalue weighted by Gasteiger charge is -2.21. The van der Waals surface area contributed by atoms with Crippen LogP contribution in [0.25, 0.3) is 6.08 Å². The second-order valence-electron chi connectivity index (χ2n) is 7.50. The number of likely N-dealkylation sites (N-methyl/N-ethyl adjacent to an activating group) is 1. The summed E-state index contributed by atoms with van der Waals surface area (Å²) in [5.74, 6) is 1.24. The number of benzene rings is 2. The summed E-state index contributed by atoms with van der Waals surface area (Å²) < 4.78 is 16.8. The molecule has 0 fully saturated rings. The number of methoxy groups -OCH3 is 2. The fraction of sp³-hybridized carbons (Fsp3) is 0.400. The Balaban J connectivity index is 1.71. The summed E-state index contributed by atoms with van der Waals surface area (Å²) in [7, 11) is 3.34. The molecule has 0 atom stereocenters. The Morgan fingerprint density at radius 3 is 2.66 bits per heavy atom. The summed E-state index contributed by atoms with van der Waals surface area (Å²) in [5.41, 5.74) is 2.75. The van der Waals surface area contributed by atoms with Gasteiger partial charge < -0.3 is 19.1 Å². The van der Waals surface area contributed by atoms with Gasteiger partial charge >= 0.3 is 0 Å². The molecule has 1 heterocycles. The zero-order chi connectivity index (χ0) is 22.9. The first kappa shape index (κ1) is 24.1. The van der Waals surface area contributed by atoms with Gasteiger partial charge in [-0.1, -0.05) is 36.7 Å². The van der Waals surface area contributed by atoms with Crippen molar-refractivity contribution < 1.29 is 19.0 Å². The van der Waals surface area contributed by atoms with E-state index in [-0.39, 0.29) is 5.91 Å². The normalized spacial score (nSPS) is 13.1. The molecule has 172 valence electrons. The molecule has 1 amide bonds. The topological polar surface area (TPSA) is 51.2 Å². The van der Waals surface area contributed by atoms with Crippen molar-refractivity contribution in [2.24, 2.45) is 0 Å². The molecule has 0 radical (unpaired) electrons. The second kappa shape index (κ2) is 11.9. The molecular formula is C25H31ClN2O4. The highest BCUT2D eigenvalue weighted by Gasteiger charge is 2.26. The molecule has 32 heavy (non-hydrogen) atoms. The number of ether oxygens (including phenoxy) is 3. The van der Waals surface area contributed by atoms with Gasteiger partial charge in [-0.3, -0.25) is 9.69 Å². The summed E-state index contributed by atoms with van der Waals surface area (Å²) in [6.45, 7) is 6.51. The molecule has 2 aromatic rings. The number of hydrogen-bond acceptors (Lipinski definition) is 5. The highest BCUT2D eigenvalue weighted by molar-refractivity contribution is 6.32. The molecule has 0 saturated carbocycles. The molecule has 0 N–H and O–H groups in total. The van der Waals surface area contributed by atoms with Gasteiger partial charge in [-0.2, -0.15) is 0 Å². The Morgan fingerprint density at radius 1 is 1.16 bits per heavy atom. The van der Waals surface area contributed by atoms with E-state index in [1.165, 1.54) is 0 Å². The van der Waals surface area contributed by atoms with Crippen LogP contribution in [0.2, 0.25) is 5.02 Å². The highest BCUT2D eigenvalue weighted by Crippen LogP contribution is 2.39. The number of amides is 1. The average molecular weight is 459 g/mol. The van der Waals surface area contributed by atoms with Crippen molar-refractivity contribution >= 4 is 29.3 Å². The number of anilines is 1. The van der Waals surface area contributed by atoms with Crippen molar-refractivity contribution in [3.63, 3.8) is 0 Å². The van der Waals surface area contributed by atoms with Gasteiger partial charge in [0.25, 0.3) is 5.91 Å². The van der Waals surface area contributed by atoms with Gasteiger partial charge in [-0.15, -0.1) is 0 Å². The van der Waals surface area contributed by atoms with Crippen molar-refractivity contribution in [1.82, 2.24) is 4.90 Å². The monoisotopic (exact) mass is 458 g/mol. The van der Waals surface area contributed by atoms with Crippen LogP contribution in [0.4, 0.5) is 5.69 Å². The minimum absolute atomic E-state index is 0.0866. The third-order valence-electron chi connectivity index (χ3n) is 5.56. The molecule has 0 saturated heterocycles. The van der Waals surface area contributed by atoms with E-state index in [1.807, 2.05) is 36.4 Å². The third-order valence-corrected chi connectivity index (χ3v) is 5.91. The van der Waals surface area contributed by atoms with Crippen molar-refractivity contribution in [3.05, 3.63) is 58.6 Å². The molecule has 0 bridgehead atoms. The number of rotatable bonds is 11. The smallest absolute Gasteiger partial charge is 0.251 e. The molecular weight excluding hydrogens is 428 g/mol. The van der Waals surface area contributed by atoms with Crippen molar-refractivity contribution in [3.8, 4) is 11.5 Å². The molecule has 1 aliphatic rings. The summed E-state index contributed by atoms with van der Waals surface area (Å²) >= 11 is 6.19. The van der Waals surface area contributed by atoms with Gasteiger partial charge in [0.15, 0.2) is 11.5 Å². The standard InChI is InChI=1S/C25H31ClN2O4/c1-4-27(13-15-30-2)14-16-32-24-18-22-20(17-23(24)31-3)11-12-28(22)25(29)10-9-19-7-5-6-8-21(19)26/h5-10,17-18H,4,11-16H2,1-3H3/b10-9+. The van der Waals surface area contributed by atoms with E-state index in [2.05, 4.69) is 11.8 Å². The number of carbonyl (C=O) groups excluding carboxylic acids is 1. The lowest BCUT2D eigenvalue weighted by molar-refractivity contribution is -0.114. The zero-order valence-corrected chi connectivity index (χ0v) is 19.7. The molecule has 0 unspecified atom stereocenters. The molecule has 7 heteroatoms. The Kier molecular flexibility index (Phi) is 8.97. The van der Waals surface area contributed by atoms with Crippen LogP contribution in [0, 0.1) is 0 Å². The Bertz CT molecular complexity index is 948. The van der Waals surface area contributed by atoms with E-state index in [0.29, 0.717) is 36.3 Å². The van der Waals surface area contributed by atoms with Crippen LogP contribution in [-0.2, 0) is 16.0 Å². The maximum absolute atomic E-state index is 12.9. The predicted octanol–water partition coefficient (Wildman–Crippen LogP) is 4.30. The SMILES string of the molecule is CCN(CCOC)CCOc1cc2c(cc1OC)CCN2C(=O)/C=C/c1ccccc1Cl. The minimum Gasteiger partial charge on any atom is -0.493 e. The Hall–Kier alpha value is -2.54. The number of nitrogens with zero attached hydrogens (tertiary/aromatic N) is 2. The summed E-state index contributed by atoms with van der Waals surface area (Å²) in [4.78, 5) is 16.9. The van der Waals surface area contributed by atoms with Crippen LogP contribution in [0.5, 0.6) is 11.5 Å². The van der Waals surface area contributed by atoms with E-state index >= 15 is 0 Å². The lowest BCUT2D eigenvalue weighted by Crippen LogP contribution is -2.31. The predicted molar refractivity (Wildman–Crippen MR) is 129 cm³/mol. The van der Waals surface area contributed by atoms with Gasteiger partial charge in [-0.05, 0) is 42.3 Å². The van der Waals surface area contributed by atoms with Gasteiger partial charge in [0.1, 0.15) is 6.61 Å². The fourth-order valence-corrected chi connectivity index (χ4v) is 3.89. The van der Waals surface area contributed by atoms with Crippen molar-refractivity contribution in [2.45, 2.75) is 13.3 Å². The first-order valence-electron chi connectivity index (χ1n) is 10.9. The molecule has 2 aromatic carbocycles. The summed E-state index contributed by atoms with van der Waals surface area (Å²) in [5, 5.41) is 0.616. The average Bonchev–Trinajstić information content (AvgIpc) is 3.22. The Morgan fingerprint density at radius 2 is 1.94 bits per heavy atom. The van der Waals surface area contributed by atoms with Crippen LogP contribution in [0.3, 0.4) is 0 Å². The largest absolute Gasteiger partial charge is 0.493 e. The van der Waals surface area contributed by atoms with Crippen molar-refractivity contribution in [2.75, 3.05) is 58.5 Å². The van der Waals surface area contributed by atoms with E-state index in [9.17, 15) is 4.79 Å². The van der Waals surface area contributed by atoms with Crippen molar-refractivity contribution in [1.29, 1.82) is 0 Å². The maximum atomic E-state index is 12.9. The van der Waals surface area contributed by atoms with E-state index in [4.69, 9.17) is 25.8 Å². The van der Waals surface area contributed by atoms with Gasteiger partial charge in [0.2, 0.25) is 0 Å². The first-order chi connectivity index (χ1) is 15.6. The van der Waals surface area contributed by atoms with Gasteiger partial charge in [0.05, 0.1) is 19.4 Å². The van der Waals surface area contributed by atoms with E-state index < -0.39 is 0 Å². The zero-order valence-electron chi connectivity index (χ0n) is 19.0. The third kappa shape index (κ3) is 6.03. The Labute approximate surface area is 195 Å². The molecule has 0 aromatic heterocycles. The second-order valence-corrected chi connectivity index (χ2v) is 7.91. The number of fused-ring (bicyclic) bond motifs is 1. The lowest BCUT2D eigenvalue weighted by atomic mass is 10.1.